The van der Waals surface area contributed by atoms with Gasteiger partial charge in [0.05, 0.1) is 0 Å². The van der Waals surface area contributed by atoms with Gasteiger partial charge >= 0.3 is 97.6 Å². The van der Waals surface area contributed by atoms with Gasteiger partial charge in [-0.25, -0.2) is 0 Å². The van der Waals surface area contributed by atoms with E-state index in [-0.39, 0.29) is 25.2 Å². The second kappa shape index (κ2) is 4.43. The first-order chi connectivity index (χ1) is 6.91. The van der Waals surface area contributed by atoms with Crippen LogP contribution in [0.3, 0.4) is 0 Å². The van der Waals surface area contributed by atoms with Crippen LogP contribution in [0.25, 0.3) is 0 Å². The average molecular weight is 416 g/mol. The Kier molecular flexibility index (Phi) is 3.65. The summed E-state index contributed by atoms with van der Waals surface area (Å²) in [5.74, 6) is -8.19. The van der Waals surface area contributed by atoms with Gasteiger partial charge in [0.1, 0.15) is 0 Å². The van der Waals surface area contributed by atoms with Crippen LogP contribution >= 0.6 is 0 Å². The molecule has 0 aliphatic carbocycles. The van der Waals surface area contributed by atoms with Crippen LogP contribution < -0.4 is 0 Å². The first kappa shape index (κ1) is 12.4. The quantitative estimate of drug-likeness (QED) is 0.302. The van der Waals surface area contributed by atoms with Crippen molar-refractivity contribution in [3.05, 3.63) is 34.4 Å². The van der Waals surface area contributed by atoms with Crippen LogP contribution in [-0.2, 0) is 2.81 Å². The maximum atomic E-state index is 13.2. The van der Waals surface area contributed by atoms with Crippen molar-refractivity contribution in [1.29, 1.82) is 0 Å². The number of hydrogen-bond donors (Lipinski definition) is 0. The summed E-state index contributed by atoms with van der Waals surface area (Å²) in [5.41, 5.74) is -1.96. The summed E-state index contributed by atoms with van der Waals surface area (Å²) >= 11 is 0.0932. The number of benzene rings is 1. The summed E-state index contributed by atoms with van der Waals surface area (Å²) in [7, 11) is 0. The van der Waals surface area contributed by atoms with Crippen LogP contribution in [0.5, 0.6) is 0 Å². The topological polar surface area (TPSA) is 26.3 Å². The molecule has 1 aromatic carbocycles. The fraction of sp³-hybridized carbons (Fsp3) is 0.125. The van der Waals surface area contributed by atoms with Crippen LogP contribution in [0.15, 0.2) is 0 Å². The first-order valence-electron chi connectivity index (χ1n) is 3.60. The van der Waals surface area contributed by atoms with Crippen LogP contribution in [0.2, 0.25) is 0 Å². The van der Waals surface area contributed by atoms with E-state index < -0.39 is 40.4 Å². The molecule has 0 amide bonds. The fourth-order valence-electron chi connectivity index (χ4n) is 0.976. The van der Waals surface area contributed by atoms with E-state index in [1.54, 1.807) is 0 Å². The maximum absolute atomic E-state index is 13.2. The summed E-state index contributed by atoms with van der Waals surface area (Å²) in [5, 5.41) is 0. The molecule has 0 aliphatic rings. The molecule has 2 radical (unpaired) electrons. The van der Waals surface area contributed by atoms with Crippen molar-refractivity contribution < 1.29 is 25.2 Å². The SMILES string of the molecule is Cc1c(F)c(F)c(F)c(C(=O)[O][Bi])c1F. The van der Waals surface area contributed by atoms with Crippen molar-refractivity contribution in [3.8, 4) is 0 Å². The minimum absolute atomic E-state index is 0.0932. The van der Waals surface area contributed by atoms with Gasteiger partial charge in [-0.05, 0) is 0 Å². The number of carbonyl (C=O) groups excluding carboxylic acids is 1. The zero-order valence-corrected chi connectivity index (χ0v) is 10.8. The summed E-state index contributed by atoms with van der Waals surface area (Å²) in [4.78, 5) is 10.9. The average Bonchev–Trinajstić information content (AvgIpc) is 2.23. The third kappa shape index (κ3) is 1.98. The van der Waals surface area contributed by atoms with Gasteiger partial charge in [0.25, 0.3) is 0 Å². The molecule has 80 valence electrons. The second-order valence-corrected chi connectivity index (χ2v) is 3.34. The van der Waals surface area contributed by atoms with E-state index in [4.69, 9.17) is 0 Å². The number of hydrogen-bond acceptors (Lipinski definition) is 2. The molecule has 0 heterocycles. The Bertz CT molecular complexity index is 404. The predicted molar refractivity (Wildman–Crippen MR) is 42.2 cm³/mol. The molecule has 0 saturated heterocycles. The van der Waals surface area contributed by atoms with Crippen molar-refractivity contribution in [1.82, 2.24) is 0 Å². The van der Waals surface area contributed by atoms with Gasteiger partial charge in [-0.15, -0.1) is 0 Å². The minimum atomic E-state index is -1.88. The van der Waals surface area contributed by atoms with Crippen LogP contribution in [0.1, 0.15) is 15.9 Å². The molecule has 7 heteroatoms. The zero-order valence-electron chi connectivity index (χ0n) is 7.28. The van der Waals surface area contributed by atoms with E-state index in [2.05, 4.69) is 2.81 Å². The molecule has 0 saturated carbocycles. The molecule has 1 aromatic rings. The van der Waals surface area contributed by atoms with Crippen molar-refractivity contribution in [2.45, 2.75) is 6.92 Å². The van der Waals surface area contributed by atoms with Gasteiger partial charge in [0, 0.05) is 0 Å². The van der Waals surface area contributed by atoms with E-state index in [0.29, 0.717) is 0 Å². The van der Waals surface area contributed by atoms with E-state index in [0.717, 1.165) is 6.92 Å². The molecular formula is C8H3BiF4O2. The van der Waals surface area contributed by atoms with Gasteiger partial charge in [-0.2, -0.15) is 0 Å². The molecule has 2 nitrogen and oxygen atoms in total. The van der Waals surface area contributed by atoms with E-state index in [1.807, 2.05) is 0 Å². The van der Waals surface area contributed by atoms with Gasteiger partial charge in [0.15, 0.2) is 0 Å². The molecule has 1 rings (SSSR count). The molecule has 0 aromatic heterocycles. The zero-order chi connectivity index (χ0) is 11.7. The number of halogens is 4. The van der Waals surface area contributed by atoms with E-state index in [1.165, 1.54) is 0 Å². The van der Waals surface area contributed by atoms with Gasteiger partial charge < -0.3 is 0 Å². The molecule has 0 N–H and O–H groups in total. The second-order valence-electron chi connectivity index (χ2n) is 2.63. The Hall–Kier alpha value is -0.707. The van der Waals surface area contributed by atoms with Crippen molar-refractivity contribution >= 4 is 31.1 Å². The van der Waals surface area contributed by atoms with E-state index in [9.17, 15) is 22.4 Å². The molecule has 0 aliphatic heterocycles. The van der Waals surface area contributed by atoms with Crippen LogP contribution in [0.4, 0.5) is 17.6 Å². The summed E-state index contributed by atoms with van der Waals surface area (Å²) < 4.78 is 56.0. The van der Waals surface area contributed by atoms with Gasteiger partial charge in [0.2, 0.25) is 0 Å². The van der Waals surface area contributed by atoms with Crippen molar-refractivity contribution in [2.24, 2.45) is 0 Å². The normalized spacial score (nSPS) is 10.3. The standard InChI is InChI=1S/C8H4F4O2.Bi/c1-2-4(9)3(8(13)14)6(11)7(12)5(2)10;/h1H3,(H,13,14);/q;+1/p-1. The monoisotopic (exact) mass is 416 g/mol. The summed E-state index contributed by atoms with van der Waals surface area (Å²) in [6.07, 6.45) is 0. The molecule has 15 heavy (non-hydrogen) atoms. The Labute approximate surface area is 97.7 Å². The number of rotatable bonds is 1. The molecule has 0 bridgehead atoms. The Balaban J connectivity index is 3.60. The van der Waals surface area contributed by atoms with Gasteiger partial charge in [-0.3, -0.25) is 0 Å². The summed E-state index contributed by atoms with van der Waals surface area (Å²) in [6.45, 7) is 0.898. The van der Waals surface area contributed by atoms with Crippen molar-refractivity contribution in [2.75, 3.05) is 0 Å². The molecule has 0 spiro atoms. The molecule has 0 fully saturated rings. The fourth-order valence-corrected chi connectivity index (χ4v) is 1.33. The Morgan fingerprint density at radius 1 is 1.07 bits per heavy atom. The van der Waals surface area contributed by atoms with Crippen LogP contribution in [-0.4, -0.2) is 31.1 Å². The number of carbonyl (C=O) groups is 1. The molecule has 0 unspecified atom stereocenters. The third-order valence-corrected chi connectivity index (χ3v) is 2.41. The van der Waals surface area contributed by atoms with Crippen molar-refractivity contribution in [3.63, 3.8) is 0 Å². The third-order valence-electron chi connectivity index (χ3n) is 1.77. The van der Waals surface area contributed by atoms with Crippen LogP contribution in [0, 0.1) is 30.2 Å². The Morgan fingerprint density at radius 3 is 2.07 bits per heavy atom. The first-order valence-corrected chi connectivity index (χ1v) is 5.02. The van der Waals surface area contributed by atoms with Gasteiger partial charge in [-0.1, -0.05) is 0 Å². The molecule has 0 atom stereocenters. The molecular weight excluding hydrogens is 413 g/mol. The van der Waals surface area contributed by atoms with E-state index >= 15 is 0 Å². The predicted octanol–water partition coefficient (Wildman–Crippen LogP) is 1.79. The Morgan fingerprint density at radius 2 is 1.60 bits per heavy atom. The summed E-state index contributed by atoms with van der Waals surface area (Å²) in [6, 6.07) is 0.